The van der Waals surface area contributed by atoms with Gasteiger partial charge in [0, 0.05) is 21.8 Å². The van der Waals surface area contributed by atoms with Gasteiger partial charge in [-0.3, -0.25) is 13.8 Å². The first-order valence-corrected chi connectivity index (χ1v) is 13.6. The van der Waals surface area contributed by atoms with Gasteiger partial charge >= 0.3 is 0 Å². The van der Waals surface area contributed by atoms with Crippen molar-refractivity contribution in [2.75, 3.05) is 27.1 Å². The van der Waals surface area contributed by atoms with Gasteiger partial charge in [-0.1, -0.05) is 23.2 Å². The molecule has 0 saturated carbocycles. The molecule has 1 amide bonds. The Bertz CT molecular complexity index is 1470. The molecule has 0 aromatic heterocycles. The molecule has 0 radical (unpaired) electrons. The number of hydrogen-bond acceptors (Lipinski definition) is 5. The zero-order chi connectivity index (χ0) is 26.0. The molecule has 0 aliphatic carbocycles. The SMILES string of the molecule is CS(=O)(=O)N(CC(=O)Nc1ccc(S(=O)(=O)Nc2cc(Cl)cc(Cl)c2)cc1)c1ccc(F)c(F)c1. The van der Waals surface area contributed by atoms with E-state index in [-0.39, 0.29) is 32.0 Å². The van der Waals surface area contributed by atoms with E-state index in [9.17, 15) is 30.4 Å². The zero-order valence-corrected chi connectivity index (χ0v) is 20.9. The molecule has 3 rings (SSSR count). The van der Waals surface area contributed by atoms with E-state index in [0.29, 0.717) is 10.4 Å². The number of halogens is 4. The van der Waals surface area contributed by atoms with E-state index in [1.807, 2.05) is 0 Å². The van der Waals surface area contributed by atoms with Crippen LogP contribution in [0.5, 0.6) is 0 Å². The van der Waals surface area contributed by atoms with Gasteiger partial charge in [-0.05, 0) is 54.6 Å². The van der Waals surface area contributed by atoms with Gasteiger partial charge in [0.05, 0.1) is 22.5 Å². The first-order valence-electron chi connectivity index (χ1n) is 9.56. The van der Waals surface area contributed by atoms with Gasteiger partial charge in [-0.25, -0.2) is 25.6 Å². The first kappa shape index (κ1) is 26.7. The van der Waals surface area contributed by atoms with Crippen molar-refractivity contribution >= 4 is 66.2 Å². The predicted molar refractivity (Wildman–Crippen MR) is 131 cm³/mol. The molecule has 0 fully saturated rings. The van der Waals surface area contributed by atoms with Crippen molar-refractivity contribution in [3.8, 4) is 0 Å². The maximum Gasteiger partial charge on any atom is 0.261 e. The van der Waals surface area contributed by atoms with Crippen LogP contribution in [0, 0.1) is 11.6 Å². The Balaban J connectivity index is 1.73. The number of carbonyl (C=O) groups is 1. The minimum Gasteiger partial charge on any atom is -0.325 e. The van der Waals surface area contributed by atoms with Crippen molar-refractivity contribution in [3.05, 3.63) is 82.3 Å². The highest BCUT2D eigenvalue weighted by atomic mass is 35.5. The van der Waals surface area contributed by atoms with Crippen molar-refractivity contribution in [2.45, 2.75) is 4.90 Å². The van der Waals surface area contributed by atoms with E-state index in [1.54, 1.807) is 0 Å². The molecule has 0 atom stereocenters. The summed E-state index contributed by atoms with van der Waals surface area (Å²) in [6.45, 7) is -0.735. The highest BCUT2D eigenvalue weighted by Gasteiger charge is 2.22. The van der Waals surface area contributed by atoms with Crippen LogP contribution in [0.15, 0.2) is 65.6 Å². The maximum atomic E-state index is 13.6. The molecule has 0 unspecified atom stereocenters. The summed E-state index contributed by atoms with van der Waals surface area (Å²) in [4.78, 5) is 12.3. The molecule has 0 spiro atoms. The second-order valence-corrected chi connectivity index (χ2v) is 11.7. The number of nitrogens with one attached hydrogen (secondary N) is 2. The summed E-state index contributed by atoms with van der Waals surface area (Å²) < 4.78 is 79.1. The van der Waals surface area contributed by atoms with Crippen LogP contribution in [0.4, 0.5) is 25.8 Å². The topological polar surface area (TPSA) is 113 Å². The van der Waals surface area contributed by atoms with Gasteiger partial charge in [0.15, 0.2) is 11.6 Å². The van der Waals surface area contributed by atoms with Crippen molar-refractivity contribution in [3.63, 3.8) is 0 Å². The molecule has 0 heterocycles. The van der Waals surface area contributed by atoms with E-state index < -0.39 is 44.1 Å². The van der Waals surface area contributed by atoms with E-state index in [0.717, 1.165) is 18.4 Å². The number of hydrogen-bond donors (Lipinski definition) is 2. The van der Waals surface area contributed by atoms with Crippen LogP contribution in [0.3, 0.4) is 0 Å². The molecule has 0 saturated heterocycles. The fraction of sp³-hybridized carbons (Fsp3) is 0.0952. The molecule has 8 nitrogen and oxygen atoms in total. The fourth-order valence-corrected chi connectivity index (χ4v) is 5.33. The van der Waals surface area contributed by atoms with Gasteiger partial charge in [0.1, 0.15) is 6.54 Å². The highest BCUT2D eigenvalue weighted by molar-refractivity contribution is 7.92. The molecule has 3 aromatic rings. The Morgan fingerprint density at radius 1 is 0.857 bits per heavy atom. The van der Waals surface area contributed by atoms with Gasteiger partial charge in [-0.2, -0.15) is 0 Å². The molecule has 14 heteroatoms. The summed E-state index contributed by atoms with van der Waals surface area (Å²) in [6.07, 6.45) is 0.807. The summed E-state index contributed by atoms with van der Waals surface area (Å²) in [5, 5.41) is 2.89. The van der Waals surface area contributed by atoms with Crippen LogP contribution in [-0.2, 0) is 24.8 Å². The standard InChI is InChI=1S/C21H17Cl2F2N3O5S2/c1-34(30,31)28(17-4-7-19(24)20(25)11-17)12-21(29)26-15-2-5-18(6-3-15)35(32,33)27-16-9-13(22)8-14(23)10-16/h2-11,27H,12H2,1H3,(H,26,29). The summed E-state index contributed by atoms with van der Waals surface area (Å²) in [6, 6.07) is 11.6. The minimum absolute atomic E-state index is 0.133. The average molecular weight is 564 g/mol. The van der Waals surface area contributed by atoms with Crippen LogP contribution >= 0.6 is 23.2 Å². The molecule has 186 valence electrons. The molecular weight excluding hydrogens is 547 g/mol. The van der Waals surface area contributed by atoms with Crippen LogP contribution < -0.4 is 14.3 Å². The van der Waals surface area contributed by atoms with Gasteiger partial charge in [0.25, 0.3) is 10.0 Å². The number of carbonyl (C=O) groups excluding carboxylic acids is 1. The number of nitrogens with zero attached hydrogens (tertiary/aromatic N) is 1. The molecular formula is C21H17Cl2F2N3O5S2. The zero-order valence-electron chi connectivity index (χ0n) is 17.8. The van der Waals surface area contributed by atoms with Crippen molar-refractivity contribution in [2.24, 2.45) is 0 Å². The maximum absolute atomic E-state index is 13.6. The van der Waals surface area contributed by atoms with Crippen molar-refractivity contribution in [1.82, 2.24) is 0 Å². The lowest BCUT2D eigenvalue weighted by molar-refractivity contribution is -0.114. The van der Waals surface area contributed by atoms with E-state index in [1.165, 1.54) is 42.5 Å². The number of benzene rings is 3. The van der Waals surface area contributed by atoms with Crippen LogP contribution in [-0.4, -0.2) is 35.5 Å². The number of anilines is 3. The summed E-state index contributed by atoms with van der Waals surface area (Å²) in [5.41, 5.74) is 0.0756. The Kier molecular flexibility index (Phi) is 7.90. The largest absolute Gasteiger partial charge is 0.325 e. The van der Waals surface area contributed by atoms with Gasteiger partial charge in [-0.15, -0.1) is 0 Å². The third-order valence-corrected chi connectivity index (χ3v) is 7.42. The Morgan fingerprint density at radius 3 is 2.00 bits per heavy atom. The van der Waals surface area contributed by atoms with Crippen molar-refractivity contribution < 1.29 is 30.4 Å². The highest BCUT2D eigenvalue weighted by Crippen LogP contribution is 2.25. The fourth-order valence-electron chi connectivity index (χ4n) is 2.92. The second kappa shape index (κ2) is 10.4. The number of amides is 1. The molecule has 3 aromatic carbocycles. The Hall–Kier alpha value is -2.93. The number of sulfonamides is 2. The monoisotopic (exact) mass is 563 g/mol. The van der Waals surface area contributed by atoms with Crippen LogP contribution in [0.2, 0.25) is 10.0 Å². The number of rotatable bonds is 8. The van der Waals surface area contributed by atoms with E-state index >= 15 is 0 Å². The lowest BCUT2D eigenvalue weighted by atomic mass is 10.3. The third-order valence-electron chi connectivity index (χ3n) is 4.44. The van der Waals surface area contributed by atoms with Gasteiger partial charge in [0.2, 0.25) is 15.9 Å². The Morgan fingerprint density at radius 2 is 1.46 bits per heavy atom. The smallest absolute Gasteiger partial charge is 0.261 e. The normalized spacial score (nSPS) is 11.7. The van der Waals surface area contributed by atoms with E-state index in [4.69, 9.17) is 23.2 Å². The summed E-state index contributed by atoms with van der Waals surface area (Å²) >= 11 is 11.8. The lowest BCUT2D eigenvalue weighted by Gasteiger charge is -2.22. The molecule has 0 bridgehead atoms. The van der Waals surface area contributed by atoms with Crippen LogP contribution in [0.1, 0.15) is 0 Å². The minimum atomic E-state index is -4.02. The van der Waals surface area contributed by atoms with Gasteiger partial charge < -0.3 is 5.32 Å². The van der Waals surface area contributed by atoms with Crippen molar-refractivity contribution in [1.29, 1.82) is 0 Å². The summed E-state index contributed by atoms with van der Waals surface area (Å²) in [7, 11) is -8.03. The predicted octanol–water partition coefficient (Wildman–Crippen LogP) is 4.48. The first-order chi connectivity index (χ1) is 16.2. The Labute approximate surface area is 210 Å². The molecule has 0 aliphatic rings. The lowest BCUT2D eigenvalue weighted by Crippen LogP contribution is -2.37. The molecule has 0 aliphatic heterocycles. The summed E-state index contributed by atoms with van der Waals surface area (Å²) in [5.74, 6) is -3.25. The second-order valence-electron chi connectivity index (χ2n) is 7.20. The van der Waals surface area contributed by atoms with E-state index in [2.05, 4.69) is 10.0 Å². The average Bonchev–Trinajstić information content (AvgIpc) is 2.72. The third kappa shape index (κ3) is 7.04. The molecule has 2 N–H and O–H groups in total. The molecule has 35 heavy (non-hydrogen) atoms. The van der Waals surface area contributed by atoms with Crippen LogP contribution in [0.25, 0.3) is 0 Å². The quantitative estimate of drug-likeness (QED) is 0.419.